The van der Waals surface area contributed by atoms with Crippen molar-refractivity contribution in [2.75, 3.05) is 13.6 Å². The Hall–Kier alpha value is -1.65. The molecule has 0 aliphatic rings. The molecule has 2 rings (SSSR count). The molecule has 0 saturated heterocycles. The maximum Gasteiger partial charge on any atom is 0.272 e. The molecule has 1 aromatic carbocycles. The van der Waals surface area contributed by atoms with Crippen molar-refractivity contribution in [3.63, 3.8) is 0 Å². The standard InChI is InChI=1S/C15H17ClN2O2/c1-15(2,20)9-18(3)14(19)12-7-5-10-4-6-11(16)8-13(10)17-12/h4-8,20H,9H2,1-3H3. The van der Waals surface area contributed by atoms with Crippen LogP contribution in [0.2, 0.25) is 5.02 Å². The van der Waals surface area contributed by atoms with Crippen LogP contribution in [0.4, 0.5) is 0 Å². The first kappa shape index (κ1) is 14.8. The maximum atomic E-state index is 12.3. The number of halogens is 1. The highest BCUT2D eigenvalue weighted by Crippen LogP contribution is 2.18. The van der Waals surface area contributed by atoms with Crippen molar-refractivity contribution in [1.29, 1.82) is 0 Å². The molecule has 0 aliphatic heterocycles. The van der Waals surface area contributed by atoms with Crippen molar-refractivity contribution in [3.8, 4) is 0 Å². The van der Waals surface area contributed by atoms with Gasteiger partial charge in [0.05, 0.1) is 11.1 Å². The van der Waals surface area contributed by atoms with Crippen LogP contribution in [0, 0.1) is 0 Å². The molecule has 0 bridgehead atoms. The summed E-state index contributed by atoms with van der Waals surface area (Å²) >= 11 is 5.93. The third-order valence-electron chi connectivity index (χ3n) is 2.84. The van der Waals surface area contributed by atoms with Gasteiger partial charge in [-0.15, -0.1) is 0 Å². The van der Waals surface area contributed by atoms with Gasteiger partial charge in [0.25, 0.3) is 5.91 Å². The van der Waals surface area contributed by atoms with Crippen LogP contribution < -0.4 is 0 Å². The van der Waals surface area contributed by atoms with Crippen LogP contribution in [0.25, 0.3) is 10.9 Å². The minimum atomic E-state index is -0.940. The van der Waals surface area contributed by atoms with Crippen molar-refractivity contribution in [2.45, 2.75) is 19.4 Å². The minimum Gasteiger partial charge on any atom is -0.389 e. The first-order valence-corrected chi connectivity index (χ1v) is 6.68. The van der Waals surface area contributed by atoms with Crippen LogP contribution in [0.15, 0.2) is 30.3 Å². The molecule has 0 fully saturated rings. The number of amides is 1. The molecule has 0 atom stereocenters. The molecule has 0 saturated carbocycles. The summed E-state index contributed by atoms with van der Waals surface area (Å²) in [5.74, 6) is -0.228. The molecule has 1 heterocycles. The van der Waals surface area contributed by atoms with Gasteiger partial charge in [-0.1, -0.05) is 23.7 Å². The summed E-state index contributed by atoms with van der Waals surface area (Å²) in [7, 11) is 1.64. The number of fused-ring (bicyclic) bond motifs is 1. The normalized spacial score (nSPS) is 11.7. The summed E-state index contributed by atoms with van der Waals surface area (Å²) in [6.07, 6.45) is 0. The molecule has 106 valence electrons. The number of hydrogen-bond acceptors (Lipinski definition) is 3. The molecule has 0 aliphatic carbocycles. The molecular formula is C15H17ClN2O2. The van der Waals surface area contributed by atoms with Gasteiger partial charge < -0.3 is 10.0 Å². The number of carbonyl (C=O) groups excluding carboxylic acids is 1. The third kappa shape index (κ3) is 3.46. The quantitative estimate of drug-likeness (QED) is 0.946. The number of carbonyl (C=O) groups is 1. The summed E-state index contributed by atoms with van der Waals surface area (Å²) in [5, 5.41) is 11.3. The summed E-state index contributed by atoms with van der Waals surface area (Å²) in [4.78, 5) is 18.1. The largest absolute Gasteiger partial charge is 0.389 e. The number of nitrogens with zero attached hydrogens (tertiary/aromatic N) is 2. The van der Waals surface area contributed by atoms with Crippen LogP contribution in [0.3, 0.4) is 0 Å². The lowest BCUT2D eigenvalue weighted by molar-refractivity contribution is 0.0365. The lowest BCUT2D eigenvalue weighted by Crippen LogP contribution is -2.40. The highest BCUT2D eigenvalue weighted by Gasteiger charge is 2.21. The highest BCUT2D eigenvalue weighted by molar-refractivity contribution is 6.31. The molecule has 0 unspecified atom stereocenters. The van der Waals surface area contributed by atoms with E-state index in [0.717, 1.165) is 5.39 Å². The molecule has 20 heavy (non-hydrogen) atoms. The van der Waals surface area contributed by atoms with Crippen molar-refractivity contribution in [3.05, 3.63) is 41.0 Å². The van der Waals surface area contributed by atoms with Gasteiger partial charge in [0.1, 0.15) is 5.69 Å². The maximum absolute atomic E-state index is 12.3. The second-order valence-electron chi connectivity index (χ2n) is 5.51. The molecule has 0 radical (unpaired) electrons. The lowest BCUT2D eigenvalue weighted by atomic mass is 10.1. The zero-order valence-corrected chi connectivity index (χ0v) is 12.5. The third-order valence-corrected chi connectivity index (χ3v) is 3.08. The van der Waals surface area contributed by atoms with E-state index in [-0.39, 0.29) is 12.5 Å². The van der Waals surface area contributed by atoms with Crippen LogP contribution >= 0.6 is 11.6 Å². The Morgan fingerprint density at radius 3 is 2.65 bits per heavy atom. The van der Waals surface area contributed by atoms with E-state index >= 15 is 0 Å². The average molecular weight is 293 g/mol. The van der Waals surface area contributed by atoms with E-state index in [1.54, 1.807) is 39.1 Å². The Morgan fingerprint density at radius 1 is 1.35 bits per heavy atom. The topological polar surface area (TPSA) is 53.4 Å². The summed E-state index contributed by atoms with van der Waals surface area (Å²) in [6, 6.07) is 8.89. The first-order valence-electron chi connectivity index (χ1n) is 6.30. The number of aliphatic hydroxyl groups is 1. The van der Waals surface area contributed by atoms with Crippen molar-refractivity contribution >= 4 is 28.4 Å². The molecule has 0 spiro atoms. The summed E-state index contributed by atoms with van der Waals surface area (Å²) < 4.78 is 0. The smallest absolute Gasteiger partial charge is 0.272 e. The number of hydrogen-bond donors (Lipinski definition) is 1. The van der Waals surface area contributed by atoms with Gasteiger partial charge in [-0.05, 0) is 32.0 Å². The Labute approximate surface area is 123 Å². The molecule has 5 heteroatoms. The van der Waals surface area contributed by atoms with E-state index in [4.69, 9.17) is 11.6 Å². The van der Waals surface area contributed by atoms with Gasteiger partial charge in [0, 0.05) is 24.0 Å². The van der Waals surface area contributed by atoms with Gasteiger partial charge in [-0.3, -0.25) is 4.79 Å². The van der Waals surface area contributed by atoms with Crippen molar-refractivity contribution < 1.29 is 9.90 Å². The van der Waals surface area contributed by atoms with E-state index < -0.39 is 5.60 Å². The van der Waals surface area contributed by atoms with E-state index in [1.807, 2.05) is 12.1 Å². The fourth-order valence-corrected chi connectivity index (χ4v) is 2.22. The predicted octanol–water partition coefficient (Wildman–Crippen LogP) is 2.73. The Balaban J connectivity index is 2.30. The van der Waals surface area contributed by atoms with Gasteiger partial charge >= 0.3 is 0 Å². The van der Waals surface area contributed by atoms with Crippen molar-refractivity contribution in [2.24, 2.45) is 0 Å². The van der Waals surface area contributed by atoms with Crippen molar-refractivity contribution in [1.82, 2.24) is 9.88 Å². The SMILES string of the molecule is CN(CC(C)(C)O)C(=O)c1ccc2ccc(Cl)cc2n1. The average Bonchev–Trinajstić information content (AvgIpc) is 2.34. The fraction of sp³-hybridized carbons (Fsp3) is 0.333. The number of aromatic nitrogens is 1. The van der Waals surface area contributed by atoms with Gasteiger partial charge in [0.2, 0.25) is 0 Å². The van der Waals surface area contributed by atoms with E-state index in [0.29, 0.717) is 16.2 Å². The lowest BCUT2D eigenvalue weighted by Gasteiger charge is -2.25. The predicted molar refractivity (Wildman–Crippen MR) is 80.0 cm³/mol. The van der Waals surface area contributed by atoms with Gasteiger partial charge in [0.15, 0.2) is 0 Å². The minimum absolute atomic E-state index is 0.228. The Bertz CT molecular complexity index is 650. The second kappa shape index (κ2) is 5.38. The second-order valence-corrected chi connectivity index (χ2v) is 5.94. The molecule has 1 N–H and O–H groups in total. The Kier molecular flexibility index (Phi) is 3.97. The zero-order valence-electron chi connectivity index (χ0n) is 11.7. The van der Waals surface area contributed by atoms with Crippen LogP contribution in [-0.4, -0.2) is 40.1 Å². The molecule has 4 nitrogen and oxygen atoms in total. The number of pyridine rings is 1. The monoisotopic (exact) mass is 292 g/mol. The van der Waals surface area contributed by atoms with Gasteiger partial charge in [-0.25, -0.2) is 4.98 Å². The Morgan fingerprint density at radius 2 is 2.00 bits per heavy atom. The van der Waals surface area contributed by atoms with Crippen LogP contribution in [0.5, 0.6) is 0 Å². The molecule has 1 amide bonds. The number of rotatable bonds is 3. The number of likely N-dealkylation sites (N-methyl/N-ethyl adjacent to an activating group) is 1. The fourth-order valence-electron chi connectivity index (χ4n) is 2.06. The molecule has 1 aromatic heterocycles. The molecular weight excluding hydrogens is 276 g/mol. The summed E-state index contributed by atoms with van der Waals surface area (Å²) in [5.41, 5.74) is 0.0800. The van der Waals surface area contributed by atoms with E-state index in [1.165, 1.54) is 4.90 Å². The van der Waals surface area contributed by atoms with E-state index in [2.05, 4.69) is 4.98 Å². The van der Waals surface area contributed by atoms with Gasteiger partial charge in [-0.2, -0.15) is 0 Å². The molecule has 2 aromatic rings. The van der Waals surface area contributed by atoms with Crippen LogP contribution in [0.1, 0.15) is 24.3 Å². The first-order chi connectivity index (χ1) is 9.26. The number of benzene rings is 1. The van der Waals surface area contributed by atoms with Crippen LogP contribution in [-0.2, 0) is 0 Å². The zero-order chi connectivity index (χ0) is 14.9. The highest BCUT2D eigenvalue weighted by atomic mass is 35.5. The van der Waals surface area contributed by atoms with E-state index in [9.17, 15) is 9.90 Å². The summed E-state index contributed by atoms with van der Waals surface area (Å²) in [6.45, 7) is 3.55.